The van der Waals surface area contributed by atoms with Crippen molar-refractivity contribution in [3.63, 3.8) is 0 Å². The molecule has 6 heteroatoms. The smallest absolute Gasteiger partial charge is 0.133 e. The van der Waals surface area contributed by atoms with Gasteiger partial charge >= 0.3 is 0 Å². The third-order valence-corrected chi connectivity index (χ3v) is 5.95. The predicted octanol–water partition coefficient (Wildman–Crippen LogP) is 5.49. The second-order valence-corrected chi connectivity index (χ2v) is 8.10. The highest BCUT2D eigenvalue weighted by Gasteiger charge is 2.33. The molecule has 1 aromatic carbocycles. The van der Waals surface area contributed by atoms with Crippen molar-refractivity contribution in [1.29, 1.82) is 0 Å². The van der Waals surface area contributed by atoms with Gasteiger partial charge in [0.05, 0.1) is 7.11 Å². The average molecular weight is 429 g/mol. The summed E-state index contributed by atoms with van der Waals surface area (Å²) >= 11 is 0. The number of hydrogen-bond acceptors (Lipinski definition) is 4. The van der Waals surface area contributed by atoms with Crippen molar-refractivity contribution in [2.75, 3.05) is 13.7 Å². The number of allylic oxidation sites excluding steroid dienone is 3. The second kappa shape index (κ2) is 10.6. The van der Waals surface area contributed by atoms with E-state index in [1.807, 2.05) is 25.4 Å². The monoisotopic (exact) mass is 428 g/mol. The van der Waals surface area contributed by atoms with E-state index >= 15 is 0 Å². The second-order valence-electron chi connectivity index (χ2n) is 8.10. The fourth-order valence-corrected chi connectivity index (χ4v) is 4.14. The zero-order chi connectivity index (χ0) is 22.4. The minimum Gasteiger partial charge on any atom is -0.499 e. The number of halogens is 2. The molecule has 0 saturated carbocycles. The summed E-state index contributed by atoms with van der Waals surface area (Å²) in [6.07, 6.45) is 10.8. The molecular formula is C25H30F2N2O2. The van der Waals surface area contributed by atoms with Crippen LogP contribution in [-0.4, -0.2) is 36.8 Å². The molecule has 0 fully saturated rings. The zero-order valence-electron chi connectivity index (χ0n) is 18.3. The standard InChI is InChI=1S/C25H30F2N2O2/c1-16(6-5-11-30)22-12-19(21-9-8-20(26)14-23(21)27)13-24(31-3)25(22)29-17(2)18-7-4-10-28-15-18/h8-10,12-16,22,25,30H,4-7,11H2,1-3H3. The lowest BCUT2D eigenvalue weighted by atomic mass is 9.78. The quantitative estimate of drug-likeness (QED) is 0.556. The number of rotatable bonds is 8. The van der Waals surface area contributed by atoms with Crippen molar-refractivity contribution in [3.05, 3.63) is 65.1 Å². The highest BCUT2D eigenvalue weighted by atomic mass is 19.1. The molecule has 1 aliphatic carbocycles. The lowest BCUT2D eigenvalue weighted by molar-refractivity contribution is 0.217. The number of nitrogens with zero attached hydrogens (tertiary/aromatic N) is 2. The molecule has 0 amide bonds. The maximum absolute atomic E-state index is 14.5. The SMILES string of the molecule is COC1=CC(c2ccc(F)cc2F)=CC(C(C)CCCO)C1N=C(C)C1=CN=CCC1. The molecule has 1 heterocycles. The normalized spacial score (nSPS) is 22.5. The topological polar surface area (TPSA) is 54.2 Å². The van der Waals surface area contributed by atoms with Crippen molar-refractivity contribution in [1.82, 2.24) is 0 Å². The van der Waals surface area contributed by atoms with Gasteiger partial charge in [0.1, 0.15) is 23.4 Å². The average Bonchev–Trinajstić information content (AvgIpc) is 2.78. The first-order chi connectivity index (χ1) is 14.9. The molecule has 3 unspecified atom stereocenters. The van der Waals surface area contributed by atoms with Crippen LogP contribution in [0.1, 0.15) is 45.1 Å². The Morgan fingerprint density at radius 1 is 1.35 bits per heavy atom. The van der Waals surface area contributed by atoms with Crippen molar-refractivity contribution < 1.29 is 18.6 Å². The number of benzene rings is 1. The van der Waals surface area contributed by atoms with E-state index in [4.69, 9.17) is 9.73 Å². The Morgan fingerprint density at radius 2 is 2.16 bits per heavy atom. The van der Waals surface area contributed by atoms with Gasteiger partial charge in [-0.3, -0.25) is 9.98 Å². The van der Waals surface area contributed by atoms with E-state index in [0.717, 1.165) is 36.6 Å². The van der Waals surface area contributed by atoms with Crippen LogP contribution in [0.4, 0.5) is 8.78 Å². The van der Waals surface area contributed by atoms with Gasteiger partial charge in [0.25, 0.3) is 0 Å². The molecule has 0 spiro atoms. The van der Waals surface area contributed by atoms with Crippen LogP contribution >= 0.6 is 0 Å². The Morgan fingerprint density at radius 3 is 2.81 bits per heavy atom. The summed E-state index contributed by atoms with van der Waals surface area (Å²) in [7, 11) is 1.59. The minimum absolute atomic E-state index is 0.0615. The molecule has 3 atom stereocenters. The van der Waals surface area contributed by atoms with Crippen molar-refractivity contribution in [3.8, 4) is 0 Å². The molecule has 1 aliphatic heterocycles. The molecule has 166 valence electrons. The number of aliphatic imine (C=N–C) groups is 2. The molecule has 3 rings (SSSR count). The number of aliphatic hydroxyl groups excluding tert-OH is 1. The van der Waals surface area contributed by atoms with E-state index < -0.39 is 11.6 Å². The fraction of sp³-hybridized carbons (Fsp3) is 0.440. The van der Waals surface area contributed by atoms with Gasteiger partial charge in [-0.25, -0.2) is 8.78 Å². The van der Waals surface area contributed by atoms with Crippen LogP contribution in [0.3, 0.4) is 0 Å². The molecule has 2 aliphatic rings. The Bertz CT molecular complexity index is 947. The summed E-state index contributed by atoms with van der Waals surface area (Å²) in [6, 6.07) is 3.34. The third-order valence-electron chi connectivity index (χ3n) is 5.95. The maximum atomic E-state index is 14.5. The lowest BCUT2D eigenvalue weighted by Gasteiger charge is -2.33. The zero-order valence-corrected chi connectivity index (χ0v) is 18.3. The van der Waals surface area contributed by atoms with Crippen LogP contribution in [-0.2, 0) is 4.74 Å². The lowest BCUT2D eigenvalue weighted by Crippen LogP contribution is -2.30. The summed E-state index contributed by atoms with van der Waals surface area (Å²) in [6.45, 7) is 4.20. The molecule has 0 bridgehead atoms. The first-order valence-corrected chi connectivity index (χ1v) is 10.7. The molecule has 31 heavy (non-hydrogen) atoms. The van der Waals surface area contributed by atoms with E-state index in [-0.39, 0.29) is 24.5 Å². The maximum Gasteiger partial charge on any atom is 0.133 e. The van der Waals surface area contributed by atoms with Crippen LogP contribution in [0.15, 0.2) is 57.9 Å². The van der Waals surface area contributed by atoms with Crippen LogP contribution < -0.4 is 0 Å². The van der Waals surface area contributed by atoms with Gasteiger partial charge in [0.15, 0.2) is 0 Å². The van der Waals surface area contributed by atoms with Gasteiger partial charge in [0, 0.05) is 42.3 Å². The van der Waals surface area contributed by atoms with Crippen molar-refractivity contribution in [2.45, 2.75) is 45.6 Å². The van der Waals surface area contributed by atoms with E-state index in [2.05, 4.69) is 11.9 Å². The molecule has 0 saturated heterocycles. The Hall–Kier alpha value is -2.60. The van der Waals surface area contributed by atoms with Crippen LogP contribution in [0.25, 0.3) is 5.57 Å². The van der Waals surface area contributed by atoms with E-state index in [1.54, 1.807) is 13.2 Å². The number of methoxy groups -OCH3 is 1. The Labute approximate surface area is 182 Å². The van der Waals surface area contributed by atoms with Crippen molar-refractivity contribution >= 4 is 17.5 Å². The highest BCUT2D eigenvalue weighted by Crippen LogP contribution is 2.38. The van der Waals surface area contributed by atoms with E-state index in [1.165, 1.54) is 12.1 Å². The van der Waals surface area contributed by atoms with Gasteiger partial charge in [-0.05, 0) is 67.9 Å². The fourth-order valence-electron chi connectivity index (χ4n) is 4.14. The Balaban J connectivity index is 2.02. The summed E-state index contributed by atoms with van der Waals surface area (Å²) in [5, 5.41) is 9.30. The first-order valence-electron chi connectivity index (χ1n) is 10.7. The minimum atomic E-state index is -0.608. The molecule has 1 aromatic rings. The molecule has 1 N–H and O–H groups in total. The molecule has 0 radical (unpaired) electrons. The van der Waals surface area contributed by atoms with Crippen LogP contribution in [0.2, 0.25) is 0 Å². The molecule has 4 nitrogen and oxygen atoms in total. The number of hydrogen-bond donors (Lipinski definition) is 1. The summed E-state index contributed by atoms with van der Waals surface area (Å²) < 4.78 is 33.7. The van der Waals surface area contributed by atoms with Gasteiger partial charge in [-0.2, -0.15) is 0 Å². The summed E-state index contributed by atoms with van der Waals surface area (Å²) in [5.41, 5.74) is 2.99. The molecular weight excluding hydrogens is 398 g/mol. The predicted molar refractivity (Wildman–Crippen MR) is 121 cm³/mol. The highest BCUT2D eigenvalue weighted by molar-refractivity contribution is 5.99. The Kier molecular flexibility index (Phi) is 7.91. The number of ether oxygens (including phenoxy) is 1. The summed E-state index contributed by atoms with van der Waals surface area (Å²) in [4.78, 5) is 9.26. The van der Waals surface area contributed by atoms with Gasteiger partial charge in [-0.15, -0.1) is 0 Å². The largest absolute Gasteiger partial charge is 0.499 e. The van der Waals surface area contributed by atoms with Crippen LogP contribution in [0.5, 0.6) is 0 Å². The van der Waals surface area contributed by atoms with Gasteiger partial charge in [-0.1, -0.05) is 13.0 Å². The van der Waals surface area contributed by atoms with Crippen molar-refractivity contribution in [2.24, 2.45) is 21.8 Å². The van der Waals surface area contributed by atoms with Crippen LogP contribution in [0, 0.1) is 23.5 Å². The van der Waals surface area contributed by atoms with Gasteiger partial charge < -0.3 is 9.84 Å². The van der Waals surface area contributed by atoms with Gasteiger partial charge in [0.2, 0.25) is 0 Å². The summed E-state index contributed by atoms with van der Waals surface area (Å²) in [5.74, 6) is -0.467. The van der Waals surface area contributed by atoms with E-state index in [9.17, 15) is 13.9 Å². The molecule has 0 aromatic heterocycles. The van der Waals surface area contributed by atoms with E-state index in [0.29, 0.717) is 23.3 Å². The third kappa shape index (κ3) is 5.56. The first kappa shape index (κ1) is 23.1. The number of aliphatic hydroxyl groups is 1.